The maximum atomic E-state index is 12.7. The van der Waals surface area contributed by atoms with Crippen molar-refractivity contribution in [2.24, 2.45) is 0 Å². The molecule has 3 aromatic rings. The van der Waals surface area contributed by atoms with E-state index in [2.05, 4.69) is 11.9 Å². The lowest BCUT2D eigenvalue weighted by Gasteiger charge is -2.32. The zero-order valence-electron chi connectivity index (χ0n) is 17.9. The molecule has 1 atom stereocenters. The summed E-state index contributed by atoms with van der Waals surface area (Å²) in [5, 5.41) is 0. The first-order valence-electron chi connectivity index (χ1n) is 10.8. The Morgan fingerprint density at radius 2 is 1.81 bits per heavy atom. The molecule has 0 N–H and O–H groups in total. The smallest absolute Gasteiger partial charge is 0.254 e. The number of nitrogens with zero attached hydrogens (tertiary/aromatic N) is 2. The van der Waals surface area contributed by atoms with Gasteiger partial charge in [-0.1, -0.05) is 61.0 Å². The minimum atomic E-state index is -0.251. The van der Waals surface area contributed by atoms with Crippen molar-refractivity contribution >= 4 is 5.78 Å². The first-order chi connectivity index (χ1) is 15.1. The van der Waals surface area contributed by atoms with Gasteiger partial charge in [0.15, 0.2) is 5.78 Å². The van der Waals surface area contributed by atoms with Crippen molar-refractivity contribution in [1.29, 1.82) is 0 Å². The number of Topliss-reactive ketones (excluding diaryl/α,β-unsaturated/α-hetero) is 1. The van der Waals surface area contributed by atoms with Gasteiger partial charge in [-0.15, -0.1) is 0 Å². The molecule has 1 fully saturated rings. The number of piperidine rings is 1. The minimum absolute atomic E-state index is 0.0144. The summed E-state index contributed by atoms with van der Waals surface area (Å²) in [7, 11) is 2.16. The quantitative estimate of drug-likeness (QED) is 0.534. The Labute approximate surface area is 182 Å². The van der Waals surface area contributed by atoms with Crippen molar-refractivity contribution in [3.63, 3.8) is 0 Å². The third-order valence-electron chi connectivity index (χ3n) is 5.92. The van der Waals surface area contributed by atoms with Crippen LogP contribution in [-0.2, 0) is 13.2 Å². The van der Waals surface area contributed by atoms with Gasteiger partial charge < -0.3 is 9.30 Å². The number of benzene rings is 2. The summed E-state index contributed by atoms with van der Waals surface area (Å²) in [6.07, 6.45) is 5.25. The Morgan fingerprint density at radius 3 is 2.52 bits per heavy atom. The average molecular weight is 417 g/mol. The third kappa shape index (κ3) is 5.30. The lowest BCUT2D eigenvalue weighted by Crippen LogP contribution is -2.29. The van der Waals surface area contributed by atoms with Crippen molar-refractivity contribution in [3.8, 4) is 5.75 Å². The van der Waals surface area contributed by atoms with Gasteiger partial charge in [-0.3, -0.25) is 14.5 Å². The Bertz CT molecular complexity index is 1070. The standard InChI is InChI=1S/C26H28N2O3/c1-27-15-6-5-9-24(27)21-10-12-22(13-11-21)25(29)18-28-16-14-23(17-26(28)30)31-19-20-7-3-2-4-8-20/h2-4,7-8,10-14,16-17,24H,5-6,9,15,18-19H2,1H3. The van der Waals surface area contributed by atoms with Crippen LogP contribution in [0, 0.1) is 0 Å². The second kappa shape index (κ2) is 9.75. The molecular formula is C26H28N2O3. The van der Waals surface area contributed by atoms with Crippen molar-refractivity contribution in [2.75, 3.05) is 13.6 Å². The van der Waals surface area contributed by atoms with Crippen LogP contribution in [0.2, 0.25) is 0 Å². The van der Waals surface area contributed by atoms with Crippen LogP contribution in [0.4, 0.5) is 0 Å². The van der Waals surface area contributed by atoms with E-state index in [-0.39, 0.29) is 17.9 Å². The maximum Gasteiger partial charge on any atom is 0.254 e. The zero-order chi connectivity index (χ0) is 21.6. The Balaban J connectivity index is 1.38. The van der Waals surface area contributed by atoms with Crippen molar-refractivity contribution in [2.45, 2.75) is 38.5 Å². The molecule has 1 unspecified atom stereocenters. The molecule has 1 saturated heterocycles. The molecule has 4 rings (SSSR count). The van der Waals surface area contributed by atoms with Gasteiger partial charge in [0.1, 0.15) is 12.4 Å². The van der Waals surface area contributed by atoms with Gasteiger partial charge >= 0.3 is 0 Å². The highest BCUT2D eigenvalue weighted by Crippen LogP contribution is 2.29. The Morgan fingerprint density at radius 1 is 1.03 bits per heavy atom. The summed E-state index contributed by atoms with van der Waals surface area (Å²) in [6.45, 7) is 1.52. The molecule has 1 aliphatic heterocycles. The van der Waals surface area contributed by atoms with Crippen molar-refractivity contribution in [1.82, 2.24) is 9.47 Å². The summed E-state index contributed by atoms with van der Waals surface area (Å²) in [4.78, 5) is 27.5. The second-order valence-corrected chi connectivity index (χ2v) is 8.14. The third-order valence-corrected chi connectivity index (χ3v) is 5.92. The number of pyridine rings is 1. The van der Waals surface area contributed by atoms with E-state index in [1.807, 2.05) is 54.6 Å². The summed E-state index contributed by atoms with van der Waals surface area (Å²) in [6, 6.07) is 21.2. The van der Waals surface area contributed by atoms with Gasteiger partial charge in [-0.25, -0.2) is 0 Å². The fourth-order valence-electron chi connectivity index (χ4n) is 4.08. The van der Waals surface area contributed by atoms with Crippen LogP contribution < -0.4 is 10.3 Å². The van der Waals surface area contributed by atoms with Crippen LogP contribution in [0.15, 0.2) is 77.7 Å². The number of ketones is 1. The van der Waals surface area contributed by atoms with Crippen LogP contribution in [0.5, 0.6) is 5.75 Å². The van der Waals surface area contributed by atoms with Gasteiger partial charge in [-0.05, 0) is 43.6 Å². The lowest BCUT2D eigenvalue weighted by atomic mass is 9.95. The number of carbonyl (C=O) groups is 1. The molecule has 0 spiro atoms. The maximum absolute atomic E-state index is 12.7. The highest BCUT2D eigenvalue weighted by atomic mass is 16.5. The predicted molar refractivity (Wildman–Crippen MR) is 121 cm³/mol. The summed E-state index contributed by atoms with van der Waals surface area (Å²) >= 11 is 0. The molecule has 2 heterocycles. The fraction of sp³-hybridized carbons (Fsp3) is 0.308. The molecule has 0 radical (unpaired) electrons. The SMILES string of the molecule is CN1CCCCC1c1ccc(C(=O)Cn2ccc(OCc3ccccc3)cc2=O)cc1. The van der Waals surface area contributed by atoms with E-state index in [1.165, 1.54) is 29.0 Å². The minimum Gasteiger partial charge on any atom is -0.489 e. The van der Waals surface area contributed by atoms with Gasteiger partial charge in [0.05, 0.1) is 6.54 Å². The van der Waals surface area contributed by atoms with Crippen molar-refractivity contribution < 1.29 is 9.53 Å². The van der Waals surface area contributed by atoms with Gasteiger partial charge in [-0.2, -0.15) is 0 Å². The molecule has 0 amide bonds. The van der Waals surface area contributed by atoms with Gasteiger partial charge in [0.2, 0.25) is 0 Å². The fourth-order valence-corrected chi connectivity index (χ4v) is 4.08. The van der Waals surface area contributed by atoms with E-state index in [4.69, 9.17) is 4.74 Å². The number of ether oxygens (including phenoxy) is 1. The first kappa shape index (κ1) is 21.1. The largest absolute Gasteiger partial charge is 0.489 e. The molecular weight excluding hydrogens is 388 g/mol. The second-order valence-electron chi connectivity index (χ2n) is 8.14. The average Bonchev–Trinajstić information content (AvgIpc) is 2.80. The van der Waals surface area contributed by atoms with Gasteiger partial charge in [0, 0.05) is 23.9 Å². The van der Waals surface area contributed by atoms with E-state index in [0.29, 0.717) is 24.0 Å². The molecule has 2 aromatic carbocycles. The molecule has 5 heteroatoms. The monoisotopic (exact) mass is 416 g/mol. The highest BCUT2D eigenvalue weighted by Gasteiger charge is 2.20. The first-order valence-corrected chi connectivity index (χ1v) is 10.8. The molecule has 0 aliphatic carbocycles. The molecule has 1 aromatic heterocycles. The zero-order valence-corrected chi connectivity index (χ0v) is 17.9. The highest BCUT2D eigenvalue weighted by molar-refractivity contribution is 5.95. The molecule has 31 heavy (non-hydrogen) atoms. The molecule has 1 aliphatic rings. The van der Waals surface area contributed by atoms with Crippen LogP contribution in [0.25, 0.3) is 0 Å². The topological polar surface area (TPSA) is 51.5 Å². The summed E-state index contributed by atoms with van der Waals surface area (Å²) < 4.78 is 7.11. The molecule has 5 nitrogen and oxygen atoms in total. The normalized spacial score (nSPS) is 16.7. The van der Waals surface area contributed by atoms with E-state index >= 15 is 0 Å². The summed E-state index contributed by atoms with van der Waals surface area (Å²) in [5.41, 5.74) is 2.65. The van der Waals surface area contributed by atoms with Gasteiger partial charge in [0.25, 0.3) is 5.56 Å². The van der Waals surface area contributed by atoms with E-state index in [0.717, 1.165) is 18.5 Å². The Hall–Kier alpha value is -3.18. The number of likely N-dealkylation sites (tertiary alicyclic amines) is 1. The van der Waals surface area contributed by atoms with Crippen LogP contribution in [-0.4, -0.2) is 28.8 Å². The van der Waals surface area contributed by atoms with Crippen LogP contribution in [0.1, 0.15) is 46.8 Å². The molecule has 0 bridgehead atoms. The number of aromatic nitrogens is 1. The number of hydrogen-bond acceptors (Lipinski definition) is 4. The predicted octanol–water partition coefficient (Wildman–Crippen LogP) is 4.47. The number of hydrogen-bond donors (Lipinski definition) is 0. The lowest BCUT2D eigenvalue weighted by molar-refractivity contribution is 0.0970. The number of rotatable bonds is 7. The Kier molecular flexibility index (Phi) is 6.63. The van der Waals surface area contributed by atoms with Crippen LogP contribution >= 0.6 is 0 Å². The van der Waals surface area contributed by atoms with Crippen LogP contribution in [0.3, 0.4) is 0 Å². The van der Waals surface area contributed by atoms with E-state index < -0.39 is 0 Å². The molecule has 0 saturated carbocycles. The summed E-state index contributed by atoms with van der Waals surface area (Å²) in [5.74, 6) is 0.419. The molecule has 160 valence electrons. The van der Waals surface area contributed by atoms with E-state index in [9.17, 15) is 9.59 Å². The number of carbonyl (C=O) groups excluding carboxylic acids is 1. The van der Waals surface area contributed by atoms with E-state index in [1.54, 1.807) is 12.3 Å². The van der Waals surface area contributed by atoms with Crippen molar-refractivity contribution in [3.05, 3.63) is 100.0 Å².